The number of aromatic amines is 1. The average molecular weight is 231 g/mol. The maximum atomic E-state index is 3.99. The van der Waals surface area contributed by atoms with E-state index < -0.39 is 18.4 Å². The van der Waals surface area contributed by atoms with Crippen molar-refractivity contribution in [3.05, 3.63) is 12.5 Å². The van der Waals surface area contributed by atoms with Crippen LogP contribution in [0.3, 0.4) is 0 Å². The van der Waals surface area contributed by atoms with Crippen LogP contribution in [0.4, 0.5) is 0 Å². The van der Waals surface area contributed by atoms with Crippen LogP contribution in [0.2, 0.25) is 14.8 Å². The predicted octanol–water partition coefficient (Wildman–Crippen LogP) is 0.955. The summed E-state index contributed by atoms with van der Waals surface area (Å²) in [4.78, 5) is 14.2. The number of hydrogen-bond acceptors (Lipinski definition) is 1. The van der Waals surface area contributed by atoms with Gasteiger partial charge in [-0.15, -0.1) is 0 Å². The number of nitrogens with one attached hydrogen (secondary N) is 1. The zero-order valence-electron chi connectivity index (χ0n) is 6.10. The van der Waals surface area contributed by atoms with E-state index in [2.05, 4.69) is 24.8 Å². The molecule has 0 saturated heterocycles. The third kappa shape index (κ3) is 1.71. The van der Waals surface area contributed by atoms with Crippen molar-refractivity contribution in [1.82, 2.24) is 9.97 Å². The Balaban J connectivity index is 2.90. The van der Waals surface area contributed by atoms with E-state index >= 15 is 0 Å². The van der Waals surface area contributed by atoms with Crippen LogP contribution in [0.5, 0.6) is 0 Å². The molecule has 0 saturated carbocycles. The Hall–Kier alpha value is 0.00870. The van der Waals surface area contributed by atoms with E-state index in [1.165, 1.54) is 3.71 Å². The van der Waals surface area contributed by atoms with Gasteiger partial charge >= 0.3 is 59.4 Å². The molecule has 1 N–H and O–H groups in total. The first-order valence-electron chi connectivity index (χ1n) is 3.09. The summed E-state index contributed by atoms with van der Waals surface area (Å²) in [7, 11) is 0. The number of rotatable bonds is 1. The second-order valence-electron chi connectivity index (χ2n) is 3.22. The number of nitrogens with zero attached hydrogens (tertiary/aromatic N) is 1. The van der Waals surface area contributed by atoms with Crippen LogP contribution in [-0.2, 0) is 0 Å². The SMILES string of the molecule is [CH3][Sn]([CH3])([CH3])[c]1cnc[nH]1. The van der Waals surface area contributed by atoms with Crippen molar-refractivity contribution in [1.29, 1.82) is 0 Å². The van der Waals surface area contributed by atoms with E-state index in [1.807, 2.05) is 6.20 Å². The van der Waals surface area contributed by atoms with Gasteiger partial charge in [0.05, 0.1) is 0 Å². The molecular formula is C6H12N2Sn. The van der Waals surface area contributed by atoms with Crippen LogP contribution in [0.25, 0.3) is 0 Å². The first-order chi connectivity index (χ1) is 4.11. The van der Waals surface area contributed by atoms with Crippen molar-refractivity contribution in [3.8, 4) is 0 Å². The molecule has 0 aliphatic rings. The van der Waals surface area contributed by atoms with Crippen LogP contribution >= 0.6 is 0 Å². The van der Waals surface area contributed by atoms with E-state index in [9.17, 15) is 0 Å². The molecule has 0 unspecified atom stereocenters. The zero-order valence-corrected chi connectivity index (χ0v) is 8.96. The van der Waals surface area contributed by atoms with E-state index in [1.54, 1.807) is 6.33 Å². The molecule has 0 aliphatic heterocycles. The molecule has 0 radical (unpaired) electrons. The van der Waals surface area contributed by atoms with Crippen LogP contribution in [0.1, 0.15) is 0 Å². The van der Waals surface area contributed by atoms with E-state index in [0.717, 1.165) is 0 Å². The first kappa shape index (κ1) is 7.12. The predicted molar refractivity (Wildman–Crippen MR) is 41.6 cm³/mol. The first-order valence-corrected chi connectivity index (χ1v) is 13.1. The number of aromatic nitrogens is 2. The third-order valence-corrected chi connectivity index (χ3v) is 6.70. The Labute approximate surface area is 59.6 Å². The van der Waals surface area contributed by atoms with Gasteiger partial charge in [-0.2, -0.15) is 0 Å². The summed E-state index contributed by atoms with van der Waals surface area (Å²) in [5.74, 6) is 0. The molecule has 0 aliphatic carbocycles. The fraction of sp³-hybridized carbons (Fsp3) is 0.500. The second kappa shape index (κ2) is 2.32. The molecule has 1 aromatic rings. The van der Waals surface area contributed by atoms with Gasteiger partial charge in [0, 0.05) is 0 Å². The third-order valence-electron chi connectivity index (χ3n) is 1.31. The Kier molecular flexibility index (Phi) is 1.84. The van der Waals surface area contributed by atoms with Crippen molar-refractivity contribution in [2.75, 3.05) is 0 Å². The summed E-state index contributed by atoms with van der Waals surface area (Å²) in [6.45, 7) is 0. The molecule has 0 aromatic carbocycles. The van der Waals surface area contributed by atoms with E-state index in [0.29, 0.717) is 0 Å². The molecule has 50 valence electrons. The molecule has 0 amide bonds. The quantitative estimate of drug-likeness (QED) is 0.716. The van der Waals surface area contributed by atoms with Crippen molar-refractivity contribution >= 4 is 22.1 Å². The fourth-order valence-corrected chi connectivity index (χ4v) is 3.40. The van der Waals surface area contributed by atoms with Crippen LogP contribution < -0.4 is 3.71 Å². The number of hydrogen-bond donors (Lipinski definition) is 1. The number of H-pyrrole nitrogens is 1. The van der Waals surface area contributed by atoms with Gasteiger partial charge < -0.3 is 0 Å². The summed E-state index contributed by atoms with van der Waals surface area (Å²) >= 11 is -1.77. The summed E-state index contributed by atoms with van der Waals surface area (Å²) in [6.07, 6.45) is 3.72. The van der Waals surface area contributed by atoms with Gasteiger partial charge in [-0.3, -0.25) is 0 Å². The number of imidazole rings is 1. The van der Waals surface area contributed by atoms with Crippen molar-refractivity contribution in [2.45, 2.75) is 14.8 Å². The summed E-state index contributed by atoms with van der Waals surface area (Å²) in [5, 5.41) is 0. The Morgan fingerprint density at radius 1 is 1.44 bits per heavy atom. The molecule has 9 heavy (non-hydrogen) atoms. The van der Waals surface area contributed by atoms with Gasteiger partial charge in [-0.1, -0.05) is 0 Å². The fourth-order valence-electron chi connectivity index (χ4n) is 0.666. The normalized spacial score (nSPS) is 11.9. The maximum absolute atomic E-state index is 3.99. The van der Waals surface area contributed by atoms with E-state index in [4.69, 9.17) is 0 Å². The minimum absolute atomic E-state index is 1.39. The average Bonchev–Trinajstić information content (AvgIpc) is 2.08. The molecule has 0 spiro atoms. The van der Waals surface area contributed by atoms with Gasteiger partial charge in [0.1, 0.15) is 0 Å². The van der Waals surface area contributed by atoms with Gasteiger partial charge in [0.25, 0.3) is 0 Å². The Morgan fingerprint density at radius 2 is 2.11 bits per heavy atom. The molecule has 1 aromatic heterocycles. The van der Waals surface area contributed by atoms with Crippen molar-refractivity contribution in [2.24, 2.45) is 0 Å². The van der Waals surface area contributed by atoms with Crippen LogP contribution in [0, 0.1) is 0 Å². The molecule has 3 heteroatoms. The second-order valence-corrected chi connectivity index (χ2v) is 17.6. The van der Waals surface area contributed by atoms with Gasteiger partial charge in [0.2, 0.25) is 0 Å². The Morgan fingerprint density at radius 3 is 2.33 bits per heavy atom. The monoisotopic (exact) mass is 232 g/mol. The standard InChI is InChI=1S/C3H3N2.3CH3.Sn/c1-2-5-3-4-1;;;;/h1,3H,(H,4,5);3*1H3;. The minimum atomic E-state index is -1.77. The van der Waals surface area contributed by atoms with Crippen molar-refractivity contribution in [3.63, 3.8) is 0 Å². The van der Waals surface area contributed by atoms with Gasteiger partial charge in [-0.25, -0.2) is 0 Å². The van der Waals surface area contributed by atoms with Crippen molar-refractivity contribution < 1.29 is 0 Å². The summed E-state index contributed by atoms with van der Waals surface area (Å²) < 4.78 is 1.39. The summed E-state index contributed by atoms with van der Waals surface area (Å²) in [5.41, 5.74) is 0. The molecule has 1 rings (SSSR count). The van der Waals surface area contributed by atoms with Crippen LogP contribution in [-0.4, -0.2) is 28.3 Å². The summed E-state index contributed by atoms with van der Waals surface area (Å²) in [6, 6.07) is 0. The molecule has 0 fully saturated rings. The molecular weight excluding hydrogens is 219 g/mol. The van der Waals surface area contributed by atoms with Gasteiger partial charge in [-0.05, 0) is 0 Å². The zero-order chi connectivity index (χ0) is 6.91. The topological polar surface area (TPSA) is 28.7 Å². The Bertz CT molecular complexity index is 173. The van der Waals surface area contributed by atoms with E-state index in [-0.39, 0.29) is 0 Å². The molecule has 0 bridgehead atoms. The molecule has 2 nitrogen and oxygen atoms in total. The van der Waals surface area contributed by atoms with Gasteiger partial charge in [0.15, 0.2) is 0 Å². The molecule has 1 heterocycles. The molecule has 0 atom stereocenters. The van der Waals surface area contributed by atoms with Crippen LogP contribution in [0.15, 0.2) is 12.5 Å².